The summed E-state index contributed by atoms with van der Waals surface area (Å²) in [6, 6.07) is 14.2. The van der Waals surface area contributed by atoms with E-state index in [2.05, 4.69) is 44.6 Å². The zero-order chi connectivity index (χ0) is 33.9. The van der Waals surface area contributed by atoms with Gasteiger partial charge in [0.2, 0.25) is 15.9 Å². The van der Waals surface area contributed by atoms with Gasteiger partial charge in [0.25, 0.3) is 0 Å². The van der Waals surface area contributed by atoms with E-state index in [9.17, 15) is 23.1 Å². The molecule has 2 heterocycles. The molecule has 1 fully saturated rings. The van der Waals surface area contributed by atoms with Gasteiger partial charge in [-0.1, -0.05) is 69.6 Å². The molecule has 252 valence electrons. The number of ether oxygens (including phenoxy) is 2. The summed E-state index contributed by atoms with van der Waals surface area (Å²) in [6.07, 6.45) is -1.05. The number of benzene rings is 2. The van der Waals surface area contributed by atoms with Crippen molar-refractivity contribution in [2.75, 3.05) is 19.9 Å². The van der Waals surface area contributed by atoms with Crippen LogP contribution in [0, 0.1) is 6.92 Å². The molecule has 46 heavy (non-hydrogen) atoms. The number of nitrogens with one attached hydrogen (secondary N) is 1. The van der Waals surface area contributed by atoms with Gasteiger partial charge in [0.15, 0.2) is 0 Å². The summed E-state index contributed by atoms with van der Waals surface area (Å²) in [5, 5.41) is 11.4. The van der Waals surface area contributed by atoms with Gasteiger partial charge in [-0.15, -0.1) is 0 Å². The molecule has 0 saturated carbocycles. The predicted octanol–water partition coefficient (Wildman–Crippen LogP) is 6.12. The Balaban J connectivity index is 1.55. The first-order valence-corrected chi connectivity index (χ1v) is 24.6. The topological polar surface area (TPSA) is 140 Å². The van der Waals surface area contributed by atoms with Crippen LogP contribution in [0.15, 0.2) is 42.5 Å². The Labute approximate surface area is 274 Å². The number of carboxylic acid groups (broad SMARTS) is 1. The molecule has 0 unspecified atom stereocenters. The number of aryl methyl sites for hydroxylation is 1. The second-order valence-electron chi connectivity index (χ2n) is 14.5. The highest BCUT2D eigenvalue weighted by atomic mass is 32.2. The summed E-state index contributed by atoms with van der Waals surface area (Å²) in [4.78, 5) is 29.6. The van der Waals surface area contributed by atoms with Gasteiger partial charge in [-0.05, 0) is 47.8 Å². The van der Waals surface area contributed by atoms with E-state index in [0.29, 0.717) is 30.2 Å². The molecule has 4 rings (SSSR count). The van der Waals surface area contributed by atoms with Gasteiger partial charge in [-0.25, -0.2) is 22.5 Å². The summed E-state index contributed by atoms with van der Waals surface area (Å²) >= 11 is 0. The van der Waals surface area contributed by atoms with Crippen LogP contribution in [0.5, 0.6) is 0 Å². The minimum atomic E-state index is -3.95. The Hall–Kier alpha value is -3.05. The van der Waals surface area contributed by atoms with Crippen LogP contribution in [-0.4, -0.2) is 75.5 Å². The van der Waals surface area contributed by atoms with Crippen molar-refractivity contribution in [3.05, 3.63) is 65.0 Å². The highest BCUT2D eigenvalue weighted by Crippen LogP contribution is 2.38. The molecular formula is C32H48N4O7SSi2. The van der Waals surface area contributed by atoms with E-state index in [1.165, 1.54) is 0 Å². The molecular weight excluding hydrogens is 641 g/mol. The fourth-order valence-electron chi connectivity index (χ4n) is 5.45. The number of sulfonamides is 1. The van der Waals surface area contributed by atoms with Crippen LogP contribution in [0.2, 0.25) is 51.4 Å². The number of aromatic nitrogens is 2. The van der Waals surface area contributed by atoms with Gasteiger partial charge in [0.05, 0.1) is 23.5 Å². The van der Waals surface area contributed by atoms with E-state index in [0.717, 1.165) is 33.0 Å². The number of nitrogens with zero attached hydrogens (tertiary/aromatic N) is 3. The number of fused-ring (bicyclic) bond motifs is 1. The molecule has 11 nitrogen and oxygen atoms in total. The van der Waals surface area contributed by atoms with Crippen molar-refractivity contribution in [2.24, 2.45) is 0 Å². The predicted molar refractivity (Wildman–Crippen MR) is 185 cm³/mol. The first-order valence-electron chi connectivity index (χ1n) is 15.7. The largest absolute Gasteiger partial charge is 0.465 e. The van der Waals surface area contributed by atoms with Gasteiger partial charge in [0.1, 0.15) is 24.5 Å². The quantitative estimate of drug-likeness (QED) is 0.144. The van der Waals surface area contributed by atoms with E-state index in [1.807, 2.05) is 41.8 Å². The van der Waals surface area contributed by atoms with Crippen LogP contribution in [-0.2, 0) is 37.4 Å². The first kappa shape index (κ1) is 35.8. The zero-order valence-electron chi connectivity index (χ0n) is 28.0. The molecule has 1 aliphatic rings. The standard InChI is InChI=1S/C32H48N4O7SSi2/c1-23-18-24(12-13-25(23)29-20-30(37)36(44(29,40)41)22-43-15-17-46(5,6)7)19-27(34-32(38)39)31-33-26-10-8-9-11-28(26)35(31)21-42-14-16-45(2,3)4/h8-13,18,27,29,34H,14-17,19-22H2,1-7H3,(H,38,39)/t27-,29-/m0/s1. The smallest absolute Gasteiger partial charge is 0.405 e. The number of carbonyl (C=O) groups excluding carboxylic acids is 1. The lowest BCUT2D eigenvalue weighted by Crippen LogP contribution is -2.33. The lowest BCUT2D eigenvalue weighted by molar-refractivity contribution is -0.128. The van der Waals surface area contributed by atoms with E-state index in [-0.39, 0.29) is 26.3 Å². The molecule has 2 amide bonds. The van der Waals surface area contributed by atoms with E-state index in [4.69, 9.17) is 14.5 Å². The van der Waals surface area contributed by atoms with Crippen LogP contribution < -0.4 is 5.32 Å². The average molecular weight is 689 g/mol. The highest BCUT2D eigenvalue weighted by Gasteiger charge is 2.46. The monoisotopic (exact) mass is 688 g/mol. The van der Waals surface area contributed by atoms with Crippen LogP contribution in [0.25, 0.3) is 11.0 Å². The summed E-state index contributed by atoms with van der Waals surface area (Å²) < 4.78 is 41.3. The number of amides is 2. The Morgan fingerprint density at radius 3 is 2.26 bits per heavy atom. The second-order valence-corrected chi connectivity index (χ2v) is 27.7. The van der Waals surface area contributed by atoms with Crippen molar-refractivity contribution < 1.29 is 32.6 Å². The van der Waals surface area contributed by atoms with Crippen LogP contribution in [0.3, 0.4) is 0 Å². The van der Waals surface area contributed by atoms with Crippen molar-refractivity contribution in [1.29, 1.82) is 0 Å². The number of para-hydroxylation sites is 2. The summed E-state index contributed by atoms with van der Waals surface area (Å²) in [7, 11) is -6.61. The molecule has 1 aromatic heterocycles. The van der Waals surface area contributed by atoms with Crippen molar-refractivity contribution in [1.82, 2.24) is 19.2 Å². The van der Waals surface area contributed by atoms with Gasteiger partial charge >= 0.3 is 6.09 Å². The Morgan fingerprint density at radius 2 is 1.65 bits per heavy atom. The molecule has 14 heteroatoms. The first-order chi connectivity index (χ1) is 21.5. The van der Waals surface area contributed by atoms with E-state index in [1.54, 1.807) is 12.1 Å². The Morgan fingerprint density at radius 1 is 1.02 bits per heavy atom. The lowest BCUT2D eigenvalue weighted by atomic mass is 9.97. The number of imidazole rings is 1. The molecule has 0 radical (unpaired) electrons. The third-order valence-electron chi connectivity index (χ3n) is 8.14. The van der Waals surface area contributed by atoms with Gasteiger partial charge in [0, 0.05) is 35.8 Å². The average Bonchev–Trinajstić information content (AvgIpc) is 3.41. The lowest BCUT2D eigenvalue weighted by Gasteiger charge is -2.21. The van der Waals surface area contributed by atoms with Gasteiger partial charge < -0.3 is 24.5 Å². The molecule has 2 N–H and O–H groups in total. The molecule has 1 saturated heterocycles. The van der Waals surface area contributed by atoms with Crippen molar-refractivity contribution in [3.63, 3.8) is 0 Å². The fourth-order valence-corrected chi connectivity index (χ4v) is 8.79. The van der Waals surface area contributed by atoms with Crippen LogP contribution in [0.1, 0.15) is 40.2 Å². The number of hydrogen-bond acceptors (Lipinski definition) is 7. The van der Waals surface area contributed by atoms with Gasteiger partial charge in [-0.3, -0.25) is 4.79 Å². The highest BCUT2D eigenvalue weighted by molar-refractivity contribution is 7.90. The molecule has 0 aliphatic carbocycles. The summed E-state index contributed by atoms with van der Waals surface area (Å²) in [6.45, 7) is 16.3. The van der Waals surface area contributed by atoms with Crippen molar-refractivity contribution in [3.8, 4) is 0 Å². The SMILES string of the molecule is Cc1cc(C[C@H](NC(=O)O)c2nc3ccccc3n2COCC[Si](C)(C)C)ccc1[C@@H]1CC(=O)N(COCC[Si](C)(C)C)S1(=O)=O. The third kappa shape index (κ3) is 9.06. The van der Waals surface area contributed by atoms with Gasteiger partial charge in [-0.2, -0.15) is 0 Å². The van der Waals surface area contributed by atoms with Crippen LogP contribution in [0.4, 0.5) is 4.79 Å². The Kier molecular flexibility index (Phi) is 11.2. The van der Waals surface area contributed by atoms with Crippen molar-refractivity contribution in [2.45, 2.75) is 89.2 Å². The second kappa shape index (κ2) is 14.4. The van der Waals surface area contributed by atoms with E-state index < -0.39 is 49.5 Å². The Bertz CT molecular complexity index is 1660. The minimum absolute atomic E-state index is 0.148. The molecule has 2 aromatic carbocycles. The maximum atomic E-state index is 13.4. The summed E-state index contributed by atoms with van der Waals surface area (Å²) in [5.74, 6) is 0.0604. The summed E-state index contributed by atoms with van der Waals surface area (Å²) in [5.41, 5.74) is 3.64. The number of hydrogen-bond donors (Lipinski definition) is 2. The number of rotatable bonds is 15. The third-order valence-corrected chi connectivity index (χ3v) is 13.6. The molecule has 3 aromatic rings. The van der Waals surface area contributed by atoms with E-state index >= 15 is 0 Å². The number of carbonyl (C=O) groups is 2. The molecule has 0 bridgehead atoms. The molecule has 2 atom stereocenters. The minimum Gasteiger partial charge on any atom is -0.465 e. The normalized spacial score (nSPS) is 17.5. The molecule has 0 spiro atoms. The maximum Gasteiger partial charge on any atom is 0.405 e. The fraction of sp³-hybridized carbons (Fsp3) is 0.531. The maximum absolute atomic E-state index is 13.4. The zero-order valence-corrected chi connectivity index (χ0v) is 30.8. The molecule has 1 aliphatic heterocycles. The van der Waals surface area contributed by atoms with Crippen LogP contribution >= 0.6 is 0 Å². The van der Waals surface area contributed by atoms with Crippen molar-refractivity contribution >= 4 is 49.2 Å².